The summed E-state index contributed by atoms with van der Waals surface area (Å²) >= 11 is 0. The minimum Gasteiger partial charge on any atom is -0.383 e. The van der Waals surface area contributed by atoms with E-state index >= 15 is 0 Å². The van der Waals surface area contributed by atoms with Crippen molar-refractivity contribution in [3.63, 3.8) is 0 Å². The van der Waals surface area contributed by atoms with E-state index in [2.05, 4.69) is 26.1 Å². The van der Waals surface area contributed by atoms with Crippen LogP contribution in [-0.2, 0) is 4.74 Å². The fourth-order valence-electron chi connectivity index (χ4n) is 1.27. The highest BCUT2D eigenvalue weighted by atomic mass is 16.5. The topological polar surface area (TPSA) is 21.3 Å². The molecule has 2 heteroatoms. The molecule has 0 radical (unpaired) electrons. The van der Waals surface area contributed by atoms with Crippen LogP contribution in [0.4, 0.5) is 0 Å². The number of likely N-dealkylation sites (N-methyl/N-ethyl adjacent to an activating group) is 1. The minimum atomic E-state index is 0.544. The fraction of sp³-hybridized carbons (Fsp3) is 1.00. The van der Waals surface area contributed by atoms with Crippen molar-refractivity contribution >= 4 is 0 Å². The molecule has 0 aliphatic heterocycles. The second-order valence-corrected chi connectivity index (χ2v) is 3.68. The Balaban J connectivity index is 3.48. The summed E-state index contributed by atoms with van der Waals surface area (Å²) in [7, 11) is 1.76. The average molecular weight is 173 g/mol. The molecule has 0 fully saturated rings. The summed E-state index contributed by atoms with van der Waals surface area (Å²) in [6.07, 6.45) is 2.50. The van der Waals surface area contributed by atoms with E-state index in [1.54, 1.807) is 7.11 Å². The largest absolute Gasteiger partial charge is 0.383 e. The molecule has 0 amide bonds. The Morgan fingerprint density at radius 2 is 1.92 bits per heavy atom. The van der Waals surface area contributed by atoms with Crippen molar-refractivity contribution in [3.8, 4) is 0 Å². The highest BCUT2D eigenvalue weighted by molar-refractivity contribution is 4.65. The molecule has 0 saturated heterocycles. The smallest absolute Gasteiger partial charge is 0.0615 e. The Morgan fingerprint density at radius 3 is 2.33 bits per heavy atom. The van der Waals surface area contributed by atoms with Gasteiger partial charge in [0.25, 0.3) is 0 Å². The van der Waals surface area contributed by atoms with Gasteiger partial charge in [-0.15, -0.1) is 0 Å². The Bertz CT molecular complexity index is 87.8. The van der Waals surface area contributed by atoms with Crippen molar-refractivity contribution in [3.05, 3.63) is 0 Å². The molecule has 1 atom stereocenters. The molecule has 2 nitrogen and oxygen atoms in total. The van der Waals surface area contributed by atoms with Crippen molar-refractivity contribution < 1.29 is 4.74 Å². The molecule has 0 aliphatic carbocycles. The van der Waals surface area contributed by atoms with Gasteiger partial charge in [0.15, 0.2) is 0 Å². The number of ether oxygens (including phenoxy) is 1. The fourth-order valence-corrected chi connectivity index (χ4v) is 1.27. The maximum Gasteiger partial charge on any atom is 0.0615 e. The summed E-state index contributed by atoms with van der Waals surface area (Å²) in [5, 5.41) is 3.41. The Morgan fingerprint density at radius 1 is 1.25 bits per heavy atom. The van der Waals surface area contributed by atoms with E-state index < -0.39 is 0 Å². The minimum absolute atomic E-state index is 0.544. The number of hydrogen-bond acceptors (Lipinski definition) is 2. The third-order valence-corrected chi connectivity index (χ3v) is 1.95. The number of nitrogens with one attached hydrogen (secondary N) is 1. The lowest BCUT2D eigenvalue weighted by Gasteiger charge is -2.17. The number of methoxy groups -OCH3 is 1. The maximum atomic E-state index is 5.13. The second-order valence-electron chi connectivity index (χ2n) is 3.68. The molecule has 0 saturated carbocycles. The Kier molecular flexibility index (Phi) is 7.51. The predicted molar refractivity (Wildman–Crippen MR) is 53.4 cm³/mol. The van der Waals surface area contributed by atoms with Gasteiger partial charge < -0.3 is 10.1 Å². The van der Waals surface area contributed by atoms with Crippen LogP contribution in [0.2, 0.25) is 0 Å². The van der Waals surface area contributed by atoms with Crippen molar-refractivity contribution in [2.24, 2.45) is 5.92 Å². The standard InChI is InChI=1S/C10H23NO/c1-5-11-10(8-12-4)7-6-9(2)3/h9-11H,5-8H2,1-4H3. The van der Waals surface area contributed by atoms with Gasteiger partial charge in [0.2, 0.25) is 0 Å². The molecule has 1 N–H and O–H groups in total. The van der Waals surface area contributed by atoms with Gasteiger partial charge in [-0.3, -0.25) is 0 Å². The van der Waals surface area contributed by atoms with Gasteiger partial charge in [-0.1, -0.05) is 20.8 Å². The third-order valence-electron chi connectivity index (χ3n) is 1.95. The summed E-state index contributed by atoms with van der Waals surface area (Å²) in [6, 6.07) is 0.544. The summed E-state index contributed by atoms with van der Waals surface area (Å²) in [5.41, 5.74) is 0. The molecule has 0 aliphatic rings. The van der Waals surface area contributed by atoms with Gasteiger partial charge in [0.1, 0.15) is 0 Å². The SMILES string of the molecule is CCNC(CCC(C)C)COC. The van der Waals surface area contributed by atoms with E-state index in [0.717, 1.165) is 19.1 Å². The monoisotopic (exact) mass is 173 g/mol. The first kappa shape index (κ1) is 11.9. The molecular formula is C10H23NO. The van der Waals surface area contributed by atoms with Crippen molar-refractivity contribution in [1.82, 2.24) is 5.32 Å². The van der Waals surface area contributed by atoms with Crippen LogP contribution in [0.25, 0.3) is 0 Å². The van der Waals surface area contributed by atoms with E-state index in [1.165, 1.54) is 12.8 Å². The zero-order chi connectivity index (χ0) is 9.40. The highest BCUT2D eigenvalue weighted by Gasteiger charge is 2.06. The first-order chi connectivity index (χ1) is 5.70. The van der Waals surface area contributed by atoms with E-state index in [0.29, 0.717) is 6.04 Å². The van der Waals surface area contributed by atoms with Gasteiger partial charge in [-0.2, -0.15) is 0 Å². The third kappa shape index (κ3) is 6.62. The van der Waals surface area contributed by atoms with Crippen LogP contribution >= 0.6 is 0 Å². The summed E-state index contributed by atoms with van der Waals surface area (Å²) < 4.78 is 5.13. The summed E-state index contributed by atoms with van der Waals surface area (Å²) in [4.78, 5) is 0. The molecule has 0 bridgehead atoms. The molecule has 0 heterocycles. The van der Waals surface area contributed by atoms with E-state index in [1.807, 2.05) is 0 Å². The lowest BCUT2D eigenvalue weighted by molar-refractivity contribution is 0.160. The van der Waals surface area contributed by atoms with Crippen LogP contribution in [0.1, 0.15) is 33.6 Å². The van der Waals surface area contributed by atoms with Crippen LogP contribution in [0.5, 0.6) is 0 Å². The molecule has 0 rings (SSSR count). The number of rotatable bonds is 7. The second kappa shape index (κ2) is 7.56. The van der Waals surface area contributed by atoms with Gasteiger partial charge in [-0.05, 0) is 25.3 Å². The first-order valence-electron chi connectivity index (χ1n) is 4.93. The van der Waals surface area contributed by atoms with Crippen molar-refractivity contribution in [1.29, 1.82) is 0 Å². The summed E-state index contributed by atoms with van der Waals surface area (Å²) in [5.74, 6) is 0.794. The Hall–Kier alpha value is -0.0800. The quantitative estimate of drug-likeness (QED) is 0.636. The average Bonchev–Trinajstić information content (AvgIpc) is 2.01. The zero-order valence-electron chi connectivity index (χ0n) is 8.89. The number of hydrogen-bond donors (Lipinski definition) is 1. The van der Waals surface area contributed by atoms with Gasteiger partial charge in [-0.25, -0.2) is 0 Å². The molecule has 0 aromatic heterocycles. The molecule has 12 heavy (non-hydrogen) atoms. The van der Waals surface area contributed by atoms with Crippen LogP contribution in [-0.4, -0.2) is 26.3 Å². The van der Waals surface area contributed by atoms with E-state index in [4.69, 9.17) is 4.74 Å². The molecule has 0 spiro atoms. The molecule has 0 aromatic rings. The first-order valence-corrected chi connectivity index (χ1v) is 4.93. The van der Waals surface area contributed by atoms with E-state index in [-0.39, 0.29) is 0 Å². The van der Waals surface area contributed by atoms with Gasteiger partial charge >= 0.3 is 0 Å². The normalized spacial score (nSPS) is 13.8. The lowest BCUT2D eigenvalue weighted by atomic mass is 10.0. The van der Waals surface area contributed by atoms with Crippen molar-refractivity contribution in [2.45, 2.75) is 39.7 Å². The highest BCUT2D eigenvalue weighted by Crippen LogP contribution is 2.06. The Labute approximate surface area is 76.7 Å². The van der Waals surface area contributed by atoms with Crippen LogP contribution in [0.15, 0.2) is 0 Å². The predicted octanol–water partition coefficient (Wildman–Crippen LogP) is 2.05. The maximum absolute atomic E-state index is 5.13. The zero-order valence-corrected chi connectivity index (χ0v) is 8.89. The van der Waals surface area contributed by atoms with Gasteiger partial charge in [0.05, 0.1) is 6.61 Å². The van der Waals surface area contributed by atoms with Crippen molar-refractivity contribution in [2.75, 3.05) is 20.3 Å². The molecular weight excluding hydrogens is 150 g/mol. The van der Waals surface area contributed by atoms with Crippen LogP contribution in [0, 0.1) is 5.92 Å². The van der Waals surface area contributed by atoms with Crippen LogP contribution in [0.3, 0.4) is 0 Å². The van der Waals surface area contributed by atoms with Gasteiger partial charge in [0, 0.05) is 13.2 Å². The summed E-state index contributed by atoms with van der Waals surface area (Å²) in [6.45, 7) is 8.52. The molecule has 0 aromatic carbocycles. The van der Waals surface area contributed by atoms with Crippen LogP contribution < -0.4 is 5.32 Å². The molecule has 74 valence electrons. The van der Waals surface area contributed by atoms with E-state index in [9.17, 15) is 0 Å². The molecule has 1 unspecified atom stereocenters. The lowest BCUT2D eigenvalue weighted by Crippen LogP contribution is -2.33.